The van der Waals surface area contributed by atoms with Gasteiger partial charge in [0.05, 0.1) is 7.11 Å². The number of hydrogen-bond donors (Lipinski definition) is 0. The highest BCUT2D eigenvalue weighted by Crippen LogP contribution is 2.23. The number of ketones is 1. The lowest BCUT2D eigenvalue weighted by Crippen LogP contribution is -2.33. The standard InChI is InChI=1S/C15H21NO2/c1-3-12-4-5-15(18-2)13(10-12)11-16-8-6-14(17)7-9-16/h4-5,10H,3,6-9,11H2,1-2H3. The van der Waals surface area contributed by atoms with E-state index >= 15 is 0 Å². The summed E-state index contributed by atoms with van der Waals surface area (Å²) in [6.07, 6.45) is 2.42. The Morgan fingerprint density at radius 1 is 1.28 bits per heavy atom. The summed E-state index contributed by atoms with van der Waals surface area (Å²) in [5, 5.41) is 0. The number of carbonyl (C=O) groups excluding carboxylic acids is 1. The van der Waals surface area contributed by atoms with Crippen LogP contribution in [0.4, 0.5) is 0 Å². The Hall–Kier alpha value is -1.35. The van der Waals surface area contributed by atoms with Crippen molar-refractivity contribution in [2.45, 2.75) is 32.7 Å². The van der Waals surface area contributed by atoms with Crippen molar-refractivity contribution in [2.75, 3.05) is 20.2 Å². The van der Waals surface area contributed by atoms with Gasteiger partial charge in [-0.2, -0.15) is 0 Å². The number of methoxy groups -OCH3 is 1. The third kappa shape index (κ3) is 3.10. The Kier molecular flexibility index (Phi) is 4.37. The molecular formula is C15H21NO2. The number of Topliss-reactive ketones (excluding diaryl/α,β-unsaturated/α-hetero) is 1. The lowest BCUT2D eigenvalue weighted by molar-refractivity contribution is -0.121. The normalized spacial score (nSPS) is 16.9. The number of hydrogen-bond acceptors (Lipinski definition) is 3. The topological polar surface area (TPSA) is 29.5 Å². The Morgan fingerprint density at radius 3 is 2.61 bits per heavy atom. The molecular weight excluding hydrogens is 226 g/mol. The highest BCUT2D eigenvalue weighted by molar-refractivity contribution is 5.79. The number of benzene rings is 1. The van der Waals surface area contributed by atoms with Gasteiger partial charge in [0.25, 0.3) is 0 Å². The van der Waals surface area contributed by atoms with E-state index in [2.05, 4.69) is 24.0 Å². The molecule has 0 amide bonds. The van der Waals surface area contributed by atoms with Crippen molar-refractivity contribution < 1.29 is 9.53 Å². The molecule has 3 heteroatoms. The first-order valence-electron chi connectivity index (χ1n) is 6.62. The van der Waals surface area contributed by atoms with E-state index in [9.17, 15) is 4.79 Å². The molecule has 0 atom stereocenters. The summed E-state index contributed by atoms with van der Waals surface area (Å²) in [6.45, 7) is 4.78. The lowest BCUT2D eigenvalue weighted by Gasteiger charge is -2.26. The maximum atomic E-state index is 11.2. The number of rotatable bonds is 4. The van der Waals surface area contributed by atoms with Crippen LogP contribution in [0.2, 0.25) is 0 Å². The summed E-state index contributed by atoms with van der Waals surface area (Å²) in [5.74, 6) is 1.34. The first-order valence-corrected chi connectivity index (χ1v) is 6.62. The molecule has 1 heterocycles. The van der Waals surface area contributed by atoms with Gasteiger partial charge in [0.15, 0.2) is 0 Å². The van der Waals surface area contributed by atoms with Crippen LogP contribution in [0.5, 0.6) is 5.75 Å². The van der Waals surface area contributed by atoms with Gasteiger partial charge in [0.2, 0.25) is 0 Å². The minimum atomic E-state index is 0.389. The summed E-state index contributed by atoms with van der Waals surface area (Å²) >= 11 is 0. The van der Waals surface area contributed by atoms with E-state index in [0.29, 0.717) is 18.6 Å². The molecule has 98 valence electrons. The van der Waals surface area contributed by atoms with E-state index in [1.54, 1.807) is 7.11 Å². The number of carbonyl (C=O) groups is 1. The quantitative estimate of drug-likeness (QED) is 0.818. The summed E-state index contributed by atoms with van der Waals surface area (Å²) in [5.41, 5.74) is 2.56. The molecule has 0 aromatic heterocycles. The second-order valence-corrected chi connectivity index (χ2v) is 4.81. The molecule has 1 fully saturated rings. The van der Waals surface area contributed by atoms with E-state index in [-0.39, 0.29) is 0 Å². The number of piperidine rings is 1. The molecule has 18 heavy (non-hydrogen) atoms. The van der Waals surface area contributed by atoms with Crippen molar-refractivity contribution in [3.05, 3.63) is 29.3 Å². The molecule has 0 aliphatic carbocycles. The predicted molar refractivity (Wildman–Crippen MR) is 71.9 cm³/mol. The average molecular weight is 247 g/mol. The van der Waals surface area contributed by atoms with Gasteiger partial charge in [-0.3, -0.25) is 9.69 Å². The number of likely N-dealkylation sites (tertiary alicyclic amines) is 1. The summed E-state index contributed by atoms with van der Waals surface area (Å²) in [7, 11) is 1.71. The van der Waals surface area contributed by atoms with E-state index in [1.165, 1.54) is 11.1 Å². The van der Waals surface area contributed by atoms with Crippen molar-refractivity contribution >= 4 is 5.78 Å². The molecule has 0 bridgehead atoms. The molecule has 1 saturated heterocycles. The fourth-order valence-electron chi connectivity index (χ4n) is 2.38. The number of nitrogens with zero attached hydrogens (tertiary/aromatic N) is 1. The van der Waals surface area contributed by atoms with Gasteiger partial charge >= 0.3 is 0 Å². The van der Waals surface area contributed by atoms with Crippen molar-refractivity contribution in [1.82, 2.24) is 4.90 Å². The summed E-state index contributed by atoms with van der Waals surface area (Å²) < 4.78 is 5.41. The molecule has 1 aliphatic rings. The Labute approximate surface area is 109 Å². The summed E-state index contributed by atoms with van der Waals surface area (Å²) in [4.78, 5) is 13.6. The molecule has 2 rings (SSSR count). The van der Waals surface area contributed by atoms with Crippen LogP contribution in [-0.2, 0) is 17.8 Å². The van der Waals surface area contributed by atoms with Gasteiger partial charge in [-0.25, -0.2) is 0 Å². The fraction of sp³-hybridized carbons (Fsp3) is 0.533. The van der Waals surface area contributed by atoms with Gasteiger partial charge in [-0.15, -0.1) is 0 Å². The maximum absolute atomic E-state index is 11.2. The zero-order chi connectivity index (χ0) is 13.0. The van der Waals surface area contributed by atoms with Crippen molar-refractivity contribution in [2.24, 2.45) is 0 Å². The highest BCUT2D eigenvalue weighted by atomic mass is 16.5. The van der Waals surface area contributed by atoms with Crippen molar-refractivity contribution in [3.8, 4) is 5.75 Å². The van der Waals surface area contributed by atoms with Gasteiger partial charge in [-0.1, -0.05) is 19.1 Å². The SMILES string of the molecule is CCc1ccc(OC)c(CN2CCC(=O)CC2)c1. The Balaban J connectivity index is 2.09. The van der Waals surface area contributed by atoms with Crippen LogP contribution in [0.15, 0.2) is 18.2 Å². The zero-order valence-electron chi connectivity index (χ0n) is 11.2. The van der Waals surface area contributed by atoms with E-state index < -0.39 is 0 Å². The second kappa shape index (κ2) is 6.01. The minimum absolute atomic E-state index is 0.389. The van der Waals surface area contributed by atoms with Gasteiger partial charge in [-0.05, 0) is 18.1 Å². The van der Waals surface area contributed by atoms with E-state index in [0.717, 1.165) is 31.8 Å². The van der Waals surface area contributed by atoms with Crippen molar-refractivity contribution in [1.29, 1.82) is 0 Å². The molecule has 1 aliphatic heterocycles. The molecule has 0 spiro atoms. The first kappa shape index (κ1) is 13.1. The third-order valence-electron chi connectivity index (χ3n) is 3.56. The van der Waals surface area contributed by atoms with Crippen LogP contribution >= 0.6 is 0 Å². The van der Waals surface area contributed by atoms with Crippen LogP contribution in [0.25, 0.3) is 0 Å². The van der Waals surface area contributed by atoms with Crippen LogP contribution in [-0.4, -0.2) is 30.9 Å². The van der Waals surface area contributed by atoms with Crippen molar-refractivity contribution in [3.63, 3.8) is 0 Å². The lowest BCUT2D eigenvalue weighted by atomic mass is 10.0. The predicted octanol–water partition coefficient (Wildman–Crippen LogP) is 2.42. The largest absolute Gasteiger partial charge is 0.496 e. The third-order valence-corrected chi connectivity index (χ3v) is 3.56. The zero-order valence-corrected chi connectivity index (χ0v) is 11.2. The minimum Gasteiger partial charge on any atom is -0.496 e. The fourth-order valence-corrected chi connectivity index (χ4v) is 2.38. The van der Waals surface area contributed by atoms with Crippen LogP contribution in [0, 0.1) is 0 Å². The van der Waals surface area contributed by atoms with Gasteiger partial charge in [0, 0.05) is 38.0 Å². The Bertz CT molecular complexity index is 419. The molecule has 1 aromatic rings. The molecule has 3 nitrogen and oxygen atoms in total. The Morgan fingerprint density at radius 2 is 2.00 bits per heavy atom. The molecule has 0 radical (unpaired) electrons. The highest BCUT2D eigenvalue weighted by Gasteiger charge is 2.17. The molecule has 0 unspecified atom stereocenters. The molecule has 1 aromatic carbocycles. The summed E-state index contributed by atoms with van der Waals surface area (Å²) in [6, 6.07) is 6.38. The smallest absolute Gasteiger partial charge is 0.135 e. The number of aryl methyl sites for hydroxylation is 1. The molecule has 0 N–H and O–H groups in total. The van der Waals surface area contributed by atoms with Gasteiger partial charge < -0.3 is 4.74 Å². The first-order chi connectivity index (χ1) is 8.72. The monoisotopic (exact) mass is 247 g/mol. The van der Waals surface area contributed by atoms with Crippen LogP contribution in [0.3, 0.4) is 0 Å². The van der Waals surface area contributed by atoms with Crippen LogP contribution in [0.1, 0.15) is 30.9 Å². The van der Waals surface area contributed by atoms with Crippen LogP contribution < -0.4 is 4.74 Å². The number of ether oxygens (including phenoxy) is 1. The maximum Gasteiger partial charge on any atom is 0.135 e. The average Bonchev–Trinajstić information content (AvgIpc) is 2.41. The van der Waals surface area contributed by atoms with E-state index in [1.807, 2.05) is 6.07 Å². The second-order valence-electron chi connectivity index (χ2n) is 4.81. The molecule has 0 saturated carbocycles. The van der Waals surface area contributed by atoms with Gasteiger partial charge in [0.1, 0.15) is 11.5 Å². The van der Waals surface area contributed by atoms with E-state index in [4.69, 9.17) is 4.74 Å².